The summed E-state index contributed by atoms with van der Waals surface area (Å²) in [6.45, 7) is 9.68. The van der Waals surface area contributed by atoms with Crippen LogP contribution in [0.4, 0.5) is 0 Å². The summed E-state index contributed by atoms with van der Waals surface area (Å²) < 4.78 is 4.13. The first kappa shape index (κ1) is 13.3. The van der Waals surface area contributed by atoms with Crippen LogP contribution in [0.15, 0.2) is 0 Å². The Hall–Kier alpha value is -0.802. The Labute approximate surface area is 113 Å². The molecule has 0 amide bonds. The van der Waals surface area contributed by atoms with E-state index >= 15 is 0 Å². The third-order valence-electron chi connectivity index (χ3n) is 2.35. The van der Waals surface area contributed by atoms with Crippen LogP contribution in [0, 0.1) is 27.7 Å². The van der Waals surface area contributed by atoms with Crippen molar-refractivity contribution in [2.75, 3.05) is 0 Å². The summed E-state index contributed by atoms with van der Waals surface area (Å²) in [4.78, 5) is 4.30. The SMILES string of the molecule is [CH2-]c1nnc(-c2nc(C)ns2)c(C)c1C.[W]. The molecule has 0 spiro atoms. The van der Waals surface area contributed by atoms with Gasteiger partial charge in [0.1, 0.15) is 11.5 Å². The summed E-state index contributed by atoms with van der Waals surface area (Å²) in [6.07, 6.45) is 0. The molecule has 2 heterocycles. The summed E-state index contributed by atoms with van der Waals surface area (Å²) in [7, 11) is 0. The van der Waals surface area contributed by atoms with Crippen LogP contribution in [0.3, 0.4) is 0 Å². The average Bonchev–Trinajstić information content (AvgIpc) is 2.61. The zero-order valence-corrected chi connectivity index (χ0v) is 13.1. The predicted octanol–water partition coefficient (Wildman–Crippen LogP) is 2.10. The van der Waals surface area contributed by atoms with Gasteiger partial charge in [-0.3, -0.25) is 0 Å². The summed E-state index contributed by atoms with van der Waals surface area (Å²) in [5, 5.41) is 8.94. The zero-order valence-electron chi connectivity index (χ0n) is 9.31. The van der Waals surface area contributed by atoms with Crippen LogP contribution in [0.1, 0.15) is 22.6 Å². The second-order valence-corrected chi connectivity index (χ2v) is 4.14. The van der Waals surface area contributed by atoms with Gasteiger partial charge in [0.2, 0.25) is 0 Å². The number of aromatic nitrogens is 4. The van der Waals surface area contributed by atoms with E-state index in [1.54, 1.807) is 0 Å². The first-order valence-electron chi connectivity index (χ1n) is 4.56. The fourth-order valence-corrected chi connectivity index (χ4v) is 1.96. The summed E-state index contributed by atoms with van der Waals surface area (Å²) in [6, 6.07) is 0. The van der Waals surface area contributed by atoms with E-state index in [1.165, 1.54) is 11.5 Å². The van der Waals surface area contributed by atoms with Crippen molar-refractivity contribution in [3.8, 4) is 10.7 Å². The summed E-state index contributed by atoms with van der Waals surface area (Å²) in [5.74, 6) is 0.771. The van der Waals surface area contributed by atoms with Crippen LogP contribution >= 0.6 is 11.5 Å². The molecule has 16 heavy (non-hydrogen) atoms. The number of nitrogens with zero attached hydrogens (tertiary/aromatic N) is 4. The van der Waals surface area contributed by atoms with E-state index < -0.39 is 0 Å². The van der Waals surface area contributed by atoms with E-state index in [-0.39, 0.29) is 21.1 Å². The molecule has 4 nitrogen and oxygen atoms in total. The second kappa shape index (κ2) is 5.02. The fourth-order valence-electron chi connectivity index (χ4n) is 1.25. The van der Waals surface area contributed by atoms with Crippen LogP contribution in [-0.4, -0.2) is 19.6 Å². The number of rotatable bonds is 1. The minimum Gasteiger partial charge on any atom is -0.218 e. The molecule has 0 saturated heterocycles. The summed E-state index contributed by atoms with van der Waals surface area (Å²) in [5.41, 5.74) is 3.67. The van der Waals surface area contributed by atoms with E-state index in [9.17, 15) is 0 Å². The number of aryl methyl sites for hydroxylation is 1. The fraction of sp³-hybridized carbons (Fsp3) is 0.300. The monoisotopic (exact) mass is 403 g/mol. The standard InChI is InChI=1S/C10H11N4S.W/c1-5-6(2)9(13-12-7(5)3)10-11-8(4)14-15-10;/h3H2,1-2,4H3;/q-1;. The number of hydrogen-bond acceptors (Lipinski definition) is 5. The zero-order chi connectivity index (χ0) is 11.0. The van der Waals surface area contributed by atoms with Crippen LogP contribution < -0.4 is 0 Å². The Kier molecular flexibility index (Phi) is 4.16. The number of hydrogen-bond donors (Lipinski definition) is 0. The van der Waals surface area contributed by atoms with Gasteiger partial charge in [0.05, 0.1) is 0 Å². The maximum atomic E-state index is 4.30. The van der Waals surface area contributed by atoms with Gasteiger partial charge in [-0.15, -0.1) is 6.92 Å². The quantitative estimate of drug-likeness (QED) is 0.685. The molecule has 6 heteroatoms. The molecule has 0 radical (unpaired) electrons. The second-order valence-electron chi connectivity index (χ2n) is 3.39. The van der Waals surface area contributed by atoms with Crippen LogP contribution in [0.25, 0.3) is 10.7 Å². The van der Waals surface area contributed by atoms with Gasteiger partial charge in [0, 0.05) is 21.1 Å². The van der Waals surface area contributed by atoms with Gasteiger partial charge in [-0.25, -0.2) is 11.9 Å². The summed E-state index contributed by atoms with van der Waals surface area (Å²) >= 11 is 1.35. The van der Waals surface area contributed by atoms with Gasteiger partial charge in [-0.1, -0.05) is 18.2 Å². The maximum Gasteiger partial charge on any atom is 0.162 e. The van der Waals surface area contributed by atoms with Crippen LogP contribution in [-0.2, 0) is 21.1 Å². The molecule has 0 unspecified atom stereocenters. The predicted molar refractivity (Wildman–Crippen MR) is 59.6 cm³/mol. The van der Waals surface area contributed by atoms with Crippen molar-refractivity contribution in [1.82, 2.24) is 19.6 Å². The Bertz CT molecular complexity index is 510. The van der Waals surface area contributed by atoms with Crippen molar-refractivity contribution in [3.63, 3.8) is 0 Å². The Morgan fingerprint density at radius 1 is 1.06 bits per heavy atom. The van der Waals surface area contributed by atoms with Gasteiger partial charge in [0.25, 0.3) is 0 Å². The first-order chi connectivity index (χ1) is 7.09. The van der Waals surface area contributed by atoms with Gasteiger partial charge >= 0.3 is 0 Å². The van der Waals surface area contributed by atoms with E-state index in [0.717, 1.165) is 33.3 Å². The van der Waals surface area contributed by atoms with Crippen molar-refractivity contribution < 1.29 is 21.1 Å². The molecule has 0 aromatic carbocycles. The Morgan fingerprint density at radius 3 is 2.31 bits per heavy atom. The van der Waals surface area contributed by atoms with Crippen molar-refractivity contribution in [3.05, 3.63) is 29.6 Å². The van der Waals surface area contributed by atoms with Gasteiger partial charge in [-0.2, -0.15) is 20.1 Å². The molecule has 2 rings (SSSR count). The third-order valence-corrected chi connectivity index (χ3v) is 3.16. The molecule has 0 N–H and O–H groups in total. The molecule has 2 aromatic rings. The maximum absolute atomic E-state index is 4.30. The van der Waals surface area contributed by atoms with Gasteiger partial charge in [-0.05, 0) is 18.5 Å². The van der Waals surface area contributed by atoms with E-state index in [0.29, 0.717) is 0 Å². The molecule has 2 aromatic heterocycles. The Balaban J connectivity index is 0.00000128. The minimum atomic E-state index is 0. The van der Waals surface area contributed by atoms with Crippen molar-refractivity contribution in [1.29, 1.82) is 0 Å². The molecule has 0 aliphatic rings. The Morgan fingerprint density at radius 2 is 1.75 bits per heavy atom. The normalized spacial score (nSPS) is 9.94. The van der Waals surface area contributed by atoms with Crippen molar-refractivity contribution in [2.45, 2.75) is 20.8 Å². The molecular weight excluding hydrogens is 392 g/mol. The molecule has 0 aliphatic heterocycles. The molecular formula is C10H11N4SW-. The largest absolute Gasteiger partial charge is 0.218 e. The molecule has 0 fully saturated rings. The molecule has 0 atom stereocenters. The van der Waals surface area contributed by atoms with E-state index in [2.05, 4.69) is 26.5 Å². The van der Waals surface area contributed by atoms with E-state index in [4.69, 9.17) is 0 Å². The smallest absolute Gasteiger partial charge is 0.162 e. The van der Waals surface area contributed by atoms with Crippen molar-refractivity contribution in [2.24, 2.45) is 0 Å². The molecule has 0 aliphatic carbocycles. The van der Waals surface area contributed by atoms with Crippen molar-refractivity contribution >= 4 is 11.5 Å². The molecule has 84 valence electrons. The van der Waals surface area contributed by atoms with Crippen LogP contribution in [0.2, 0.25) is 0 Å². The third kappa shape index (κ3) is 2.30. The first-order valence-corrected chi connectivity index (χ1v) is 5.33. The molecule has 0 bridgehead atoms. The van der Waals surface area contributed by atoms with Gasteiger partial charge < -0.3 is 0 Å². The van der Waals surface area contributed by atoms with Gasteiger partial charge in [0.15, 0.2) is 5.01 Å². The van der Waals surface area contributed by atoms with E-state index in [1.807, 2.05) is 20.8 Å². The average molecular weight is 403 g/mol. The topological polar surface area (TPSA) is 51.6 Å². The minimum absolute atomic E-state index is 0. The van der Waals surface area contributed by atoms with Crippen LogP contribution in [0.5, 0.6) is 0 Å². The molecule has 0 saturated carbocycles.